The van der Waals surface area contributed by atoms with E-state index >= 15 is 0 Å². The highest BCUT2D eigenvalue weighted by molar-refractivity contribution is 5.96. The molecule has 0 radical (unpaired) electrons. The Morgan fingerprint density at radius 1 is 1.29 bits per heavy atom. The van der Waals surface area contributed by atoms with Crippen LogP contribution in [0.4, 0.5) is 5.95 Å². The van der Waals surface area contributed by atoms with Crippen LogP contribution in [0.1, 0.15) is 23.4 Å². The number of benzene rings is 1. The molecule has 0 aliphatic carbocycles. The minimum atomic E-state index is -0.137. The maximum absolute atomic E-state index is 12.4. The molecule has 6 nitrogen and oxygen atoms in total. The van der Waals surface area contributed by atoms with Crippen molar-refractivity contribution in [2.45, 2.75) is 18.9 Å². The van der Waals surface area contributed by atoms with Crippen LogP contribution in [0.15, 0.2) is 47.1 Å². The summed E-state index contributed by atoms with van der Waals surface area (Å²) in [5, 5.41) is 4.04. The SMILES string of the molecule is Cn1ccnc1N1CCC(NC(=O)c2cc3ccccc3o2)CC1. The topological polar surface area (TPSA) is 63.3 Å². The Hall–Kier alpha value is -2.76. The van der Waals surface area contributed by atoms with Crippen molar-refractivity contribution in [1.82, 2.24) is 14.9 Å². The fraction of sp³-hybridized carbons (Fsp3) is 0.333. The van der Waals surface area contributed by atoms with Crippen molar-refractivity contribution in [3.05, 3.63) is 48.5 Å². The third kappa shape index (κ3) is 2.75. The number of aromatic nitrogens is 2. The lowest BCUT2D eigenvalue weighted by Gasteiger charge is -2.32. The fourth-order valence-electron chi connectivity index (χ4n) is 3.24. The molecular formula is C18H20N4O2. The van der Waals surface area contributed by atoms with E-state index in [1.807, 2.05) is 48.3 Å². The van der Waals surface area contributed by atoms with Crippen LogP contribution < -0.4 is 10.2 Å². The normalized spacial score (nSPS) is 15.8. The van der Waals surface area contributed by atoms with Crippen LogP contribution in [-0.4, -0.2) is 34.6 Å². The van der Waals surface area contributed by atoms with Gasteiger partial charge in [-0.25, -0.2) is 4.98 Å². The summed E-state index contributed by atoms with van der Waals surface area (Å²) in [5.41, 5.74) is 0.743. The lowest BCUT2D eigenvalue weighted by atomic mass is 10.1. The van der Waals surface area contributed by atoms with Gasteiger partial charge in [0, 0.05) is 44.0 Å². The van der Waals surface area contributed by atoms with E-state index in [2.05, 4.69) is 15.2 Å². The van der Waals surface area contributed by atoms with Crippen LogP contribution in [0.2, 0.25) is 0 Å². The van der Waals surface area contributed by atoms with Crippen molar-refractivity contribution in [2.24, 2.45) is 7.05 Å². The smallest absolute Gasteiger partial charge is 0.287 e. The molecule has 0 unspecified atom stereocenters. The number of fused-ring (bicyclic) bond motifs is 1. The summed E-state index contributed by atoms with van der Waals surface area (Å²) in [4.78, 5) is 19.0. The second-order valence-electron chi connectivity index (χ2n) is 6.22. The molecule has 124 valence electrons. The molecule has 1 fully saturated rings. The van der Waals surface area contributed by atoms with Gasteiger partial charge in [0.1, 0.15) is 5.58 Å². The minimum absolute atomic E-state index is 0.137. The number of anilines is 1. The third-order valence-electron chi connectivity index (χ3n) is 4.56. The third-order valence-corrected chi connectivity index (χ3v) is 4.56. The zero-order valence-corrected chi connectivity index (χ0v) is 13.6. The molecule has 4 rings (SSSR count). The Morgan fingerprint density at radius 2 is 2.08 bits per heavy atom. The van der Waals surface area contributed by atoms with E-state index in [9.17, 15) is 4.79 Å². The molecule has 1 amide bonds. The highest BCUT2D eigenvalue weighted by Gasteiger charge is 2.24. The van der Waals surface area contributed by atoms with E-state index in [1.165, 1.54) is 0 Å². The first-order valence-electron chi connectivity index (χ1n) is 8.22. The van der Waals surface area contributed by atoms with Gasteiger partial charge in [0.25, 0.3) is 5.91 Å². The molecule has 0 saturated carbocycles. The number of hydrogen-bond donors (Lipinski definition) is 1. The summed E-state index contributed by atoms with van der Waals surface area (Å²) in [6.45, 7) is 1.77. The molecule has 0 spiro atoms. The Morgan fingerprint density at radius 3 is 2.79 bits per heavy atom. The Labute approximate surface area is 140 Å². The molecule has 2 aromatic heterocycles. The van der Waals surface area contributed by atoms with E-state index in [4.69, 9.17) is 4.42 Å². The zero-order valence-electron chi connectivity index (χ0n) is 13.6. The summed E-state index contributed by atoms with van der Waals surface area (Å²) in [6, 6.07) is 9.63. The summed E-state index contributed by atoms with van der Waals surface area (Å²) >= 11 is 0. The number of hydrogen-bond acceptors (Lipinski definition) is 4. The van der Waals surface area contributed by atoms with Crippen molar-refractivity contribution in [3.8, 4) is 0 Å². The van der Waals surface area contributed by atoms with Crippen LogP contribution in [0.5, 0.6) is 0 Å². The maximum Gasteiger partial charge on any atom is 0.287 e. The van der Waals surface area contributed by atoms with Gasteiger partial charge in [-0.15, -0.1) is 0 Å². The van der Waals surface area contributed by atoms with Gasteiger partial charge >= 0.3 is 0 Å². The monoisotopic (exact) mass is 324 g/mol. The number of furan rings is 1. The second-order valence-corrected chi connectivity index (χ2v) is 6.22. The lowest BCUT2D eigenvalue weighted by Crippen LogP contribution is -2.45. The summed E-state index contributed by atoms with van der Waals surface area (Å²) in [6.07, 6.45) is 5.56. The predicted molar refractivity (Wildman–Crippen MR) is 92.1 cm³/mol. The van der Waals surface area contributed by atoms with Crippen LogP contribution >= 0.6 is 0 Å². The molecule has 24 heavy (non-hydrogen) atoms. The van der Waals surface area contributed by atoms with Gasteiger partial charge in [-0.3, -0.25) is 4.79 Å². The average molecular weight is 324 g/mol. The number of nitrogens with zero attached hydrogens (tertiary/aromatic N) is 3. The molecule has 1 aliphatic rings. The molecule has 0 bridgehead atoms. The summed E-state index contributed by atoms with van der Waals surface area (Å²) in [7, 11) is 2.00. The maximum atomic E-state index is 12.4. The molecule has 1 aromatic carbocycles. The van der Waals surface area contributed by atoms with Crippen molar-refractivity contribution < 1.29 is 9.21 Å². The van der Waals surface area contributed by atoms with Crippen molar-refractivity contribution in [3.63, 3.8) is 0 Å². The minimum Gasteiger partial charge on any atom is -0.451 e. The van der Waals surface area contributed by atoms with Gasteiger partial charge in [-0.1, -0.05) is 18.2 Å². The van der Waals surface area contributed by atoms with Gasteiger partial charge in [0.05, 0.1) is 0 Å². The predicted octanol–water partition coefficient (Wildman–Crippen LogP) is 2.57. The highest BCUT2D eigenvalue weighted by atomic mass is 16.3. The molecule has 1 aliphatic heterocycles. The highest BCUT2D eigenvalue weighted by Crippen LogP contribution is 2.20. The van der Waals surface area contributed by atoms with E-state index < -0.39 is 0 Å². The van der Waals surface area contributed by atoms with Gasteiger partial charge in [0.2, 0.25) is 5.95 Å². The van der Waals surface area contributed by atoms with E-state index in [-0.39, 0.29) is 11.9 Å². The van der Waals surface area contributed by atoms with Crippen LogP contribution in [-0.2, 0) is 7.05 Å². The first-order valence-corrected chi connectivity index (χ1v) is 8.22. The standard InChI is InChI=1S/C18H20N4O2/c1-21-11-8-19-18(21)22-9-6-14(7-10-22)20-17(23)16-12-13-4-2-3-5-15(13)24-16/h2-5,8,11-12,14H,6-7,9-10H2,1H3,(H,20,23). The first-order chi connectivity index (χ1) is 11.7. The molecule has 3 aromatic rings. The number of aryl methyl sites for hydroxylation is 1. The number of nitrogens with one attached hydrogen (secondary N) is 1. The number of piperidine rings is 1. The van der Waals surface area contributed by atoms with Crippen LogP contribution in [0.25, 0.3) is 11.0 Å². The molecule has 1 saturated heterocycles. The first kappa shape index (κ1) is 14.8. The quantitative estimate of drug-likeness (QED) is 0.804. The Bertz CT molecular complexity index is 826. The van der Waals surface area contributed by atoms with Gasteiger partial charge < -0.3 is 19.2 Å². The van der Waals surface area contributed by atoms with E-state index in [0.717, 1.165) is 42.8 Å². The number of amides is 1. The Kier molecular flexibility index (Phi) is 3.72. The average Bonchev–Trinajstić information content (AvgIpc) is 3.21. The van der Waals surface area contributed by atoms with E-state index in [1.54, 1.807) is 6.07 Å². The molecule has 6 heteroatoms. The molecule has 1 N–H and O–H groups in total. The molecule has 3 heterocycles. The number of imidazole rings is 1. The lowest BCUT2D eigenvalue weighted by molar-refractivity contribution is 0.0905. The van der Waals surface area contributed by atoms with Crippen molar-refractivity contribution >= 4 is 22.8 Å². The molecular weight excluding hydrogens is 304 g/mol. The number of rotatable bonds is 3. The van der Waals surface area contributed by atoms with Gasteiger partial charge in [0.15, 0.2) is 5.76 Å². The van der Waals surface area contributed by atoms with Crippen molar-refractivity contribution in [2.75, 3.05) is 18.0 Å². The zero-order chi connectivity index (χ0) is 16.5. The van der Waals surface area contributed by atoms with Crippen LogP contribution in [0, 0.1) is 0 Å². The Balaban J connectivity index is 1.38. The largest absolute Gasteiger partial charge is 0.451 e. The summed E-state index contributed by atoms with van der Waals surface area (Å²) in [5.74, 6) is 1.22. The fourth-order valence-corrected chi connectivity index (χ4v) is 3.24. The number of carbonyl (C=O) groups is 1. The number of para-hydroxylation sites is 1. The van der Waals surface area contributed by atoms with Crippen molar-refractivity contribution in [1.29, 1.82) is 0 Å². The van der Waals surface area contributed by atoms with Crippen LogP contribution in [0.3, 0.4) is 0 Å². The summed E-state index contributed by atoms with van der Waals surface area (Å²) < 4.78 is 7.65. The second kappa shape index (κ2) is 6.03. The van der Waals surface area contributed by atoms with E-state index in [0.29, 0.717) is 5.76 Å². The number of carbonyl (C=O) groups excluding carboxylic acids is 1. The molecule has 0 atom stereocenters. The van der Waals surface area contributed by atoms with Gasteiger partial charge in [-0.05, 0) is 25.0 Å². The van der Waals surface area contributed by atoms with Gasteiger partial charge in [-0.2, -0.15) is 0 Å².